The summed E-state index contributed by atoms with van der Waals surface area (Å²) in [5.41, 5.74) is 0.580. The molecular weight excluding hydrogens is 169 g/mol. The molecule has 1 aromatic rings. The van der Waals surface area contributed by atoms with E-state index in [1.807, 2.05) is 0 Å². The lowest BCUT2D eigenvalue weighted by atomic mass is 10.1. The Hall–Kier alpha value is -1.38. The maximum Gasteiger partial charge on any atom is 0.217 e. The zero-order chi connectivity index (χ0) is 9.68. The molecule has 0 aromatic heterocycles. The highest BCUT2D eigenvalue weighted by Crippen LogP contribution is 2.07. The molecule has 69 valence electrons. The predicted molar refractivity (Wildman–Crippen MR) is 48.2 cm³/mol. The summed E-state index contributed by atoms with van der Waals surface area (Å²) in [5.74, 6) is -0.388. The number of amides is 1. The van der Waals surface area contributed by atoms with Crippen LogP contribution in [0.5, 0.6) is 0 Å². The Labute approximate surface area is 76.8 Å². The van der Waals surface area contributed by atoms with E-state index in [2.05, 4.69) is 5.32 Å². The van der Waals surface area contributed by atoms with Crippen molar-refractivity contribution in [3.63, 3.8) is 0 Å². The monoisotopic (exact) mass is 180 g/mol. The lowest BCUT2D eigenvalue weighted by Crippen LogP contribution is -2.17. The average molecular weight is 180 g/mol. The van der Waals surface area contributed by atoms with Crippen molar-refractivity contribution >= 4 is 5.91 Å². The molecule has 1 N–H and O–H groups in total. The van der Waals surface area contributed by atoms with Crippen LogP contribution in [0.3, 0.4) is 0 Å². The Bertz CT molecular complexity index is 299. The Balaban J connectivity index is 2.45. The number of rotatable bonds is 3. The van der Waals surface area contributed by atoms with Crippen LogP contribution < -0.4 is 5.32 Å². The highest BCUT2D eigenvalue weighted by Gasteiger charge is 2.00. The number of hydrogen-bond donors (Lipinski definition) is 1. The molecule has 2 nitrogen and oxygen atoms in total. The maximum absolute atomic E-state index is 13.0. The molecule has 0 saturated carbocycles. The third-order valence-corrected chi connectivity index (χ3v) is 1.59. The normalized spacial score (nSPS) is 9.69. The molecule has 0 aliphatic carbocycles. The van der Waals surface area contributed by atoms with Gasteiger partial charge in [0.1, 0.15) is 5.82 Å². The van der Waals surface area contributed by atoms with Crippen molar-refractivity contribution in [1.29, 1.82) is 0 Å². The SMILES string of the molecule is CC(=O)N[CH]Cc1ccccc1F. The molecular formula is C10H11FNO. The van der Waals surface area contributed by atoms with Crippen molar-refractivity contribution in [2.45, 2.75) is 13.3 Å². The van der Waals surface area contributed by atoms with Gasteiger partial charge in [0, 0.05) is 6.92 Å². The number of carbonyl (C=O) groups is 1. The third kappa shape index (κ3) is 3.23. The minimum absolute atomic E-state index is 0.142. The molecule has 3 heteroatoms. The first-order valence-electron chi connectivity index (χ1n) is 4.02. The minimum Gasteiger partial charge on any atom is -0.351 e. The average Bonchev–Trinajstić information content (AvgIpc) is 2.08. The van der Waals surface area contributed by atoms with Crippen molar-refractivity contribution in [1.82, 2.24) is 5.32 Å². The first kappa shape index (κ1) is 9.71. The Kier molecular flexibility index (Phi) is 3.43. The molecule has 0 spiro atoms. The first-order chi connectivity index (χ1) is 6.20. The summed E-state index contributed by atoms with van der Waals surface area (Å²) in [6, 6.07) is 6.49. The van der Waals surface area contributed by atoms with E-state index in [1.54, 1.807) is 24.7 Å². The van der Waals surface area contributed by atoms with Crippen LogP contribution in [0, 0.1) is 12.4 Å². The third-order valence-electron chi connectivity index (χ3n) is 1.59. The Morgan fingerprint density at radius 1 is 1.54 bits per heavy atom. The molecule has 0 aliphatic rings. The molecule has 13 heavy (non-hydrogen) atoms. The summed E-state index contributed by atoms with van der Waals surface area (Å²) in [4.78, 5) is 10.5. The predicted octanol–water partition coefficient (Wildman–Crippen LogP) is 1.67. The smallest absolute Gasteiger partial charge is 0.217 e. The van der Waals surface area contributed by atoms with Gasteiger partial charge < -0.3 is 5.32 Å². The number of benzene rings is 1. The van der Waals surface area contributed by atoms with Gasteiger partial charge in [-0.3, -0.25) is 4.79 Å². The number of halogens is 1. The zero-order valence-electron chi connectivity index (χ0n) is 7.38. The summed E-state index contributed by atoms with van der Waals surface area (Å²) in [6.07, 6.45) is 0.409. The highest BCUT2D eigenvalue weighted by atomic mass is 19.1. The second kappa shape index (κ2) is 4.60. The molecule has 1 amide bonds. The molecule has 1 aromatic carbocycles. The first-order valence-corrected chi connectivity index (χ1v) is 4.02. The van der Waals surface area contributed by atoms with Gasteiger partial charge >= 0.3 is 0 Å². The molecule has 0 fully saturated rings. The van der Waals surface area contributed by atoms with Crippen molar-refractivity contribution in [3.8, 4) is 0 Å². The van der Waals surface area contributed by atoms with Crippen LogP contribution >= 0.6 is 0 Å². The second-order valence-corrected chi connectivity index (χ2v) is 2.70. The number of hydrogen-bond acceptors (Lipinski definition) is 1. The van der Waals surface area contributed by atoms with E-state index < -0.39 is 0 Å². The van der Waals surface area contributed by atoms with Gasteiger partial charge in [-0.05, 0) is 18.1 Å². The van der Waals surface area contributed by atoms with Gasteiger partial charge in [-0.2, -0.15) is 0 Å². The summed E-state index contributed by atoms with van der Waals surface area (Å²) in [6.45, 7) is 2.96. The lowest BCUT2D eigenvalue weighted by molar-refractivity contribution is -0.118. The number of nitrogens with one attached hydrogen (secondary N) is 1. The van der Waals surface area contributed by atoms with Crippen LogP contribution in [-0.2, 0) is 11.2 Å². The summed E-state index contributed by atoms with van der Waals surface area (Å²) >= 11 is 0. The van der Waals surface area contributed by atoms with E-state index >= 15 is 0 Å². The van der Waals surface area contributed by atoms with Crippen LogP contribution in [0.1, 0.15) is 12.5 Å². The van der Waals surface area contributed by atoms with Gasteiger partial charge in [-0.15, -0.1) is 0 Å². The standard InChI is InChI=1S/C10H11FNO/c1-8(13)12-7-6-9-4-2-3-5-10(9)11/h2-5,7H,6H2,1H3,(H,12,13). The fourth-order valence-corrected chi connectivity index (χ4v) is 0.969. The largest absolute Gasteiger partial charge is 0.351 e. The van der Waals surface area contributed by atoms with Gasteiger partial charge in [-0.1, -0.05) is 18.2 Å². The molecule has 0 bridgehead atoms. The Morgan fingerprint density at radius 3 is 2.85 bits per heavy atom. The number of carbonyl (C=O) groups excluding carboxylic acids is 1. The van der Waals surface area contributed by atoms with E-state index in [9.17, 15) is 9.18 Å². The van der Waals surface area contributed by atoms with E-state index in [-0.39, 0.29) is 11.7 Å². The van der Waals surface area contributed by atoms with Crippen LogP contribution in [0.25, 0.3) is 0 Å². The van der Waals surface area contributed by atoms with E-state index in [0.717, 1.165) is 0 Å². The van der Waals surface area contributed by atoms with Crippen molar-refractivity contribution < 1.29 is 9.18 Å². The van der Waals surface area contributed by atoms with Crippen LogP contribution in [0.4, 0.5) is 4.39 Å². The molecule has 0 aliphatic heterocycles. The molecule has 0 unspecified atom stereocenters. The fourth-order valence-electron chi connectivity index (χ4n) is 0.969. The molecule has 1 radical (unpaired) electrons. The van der Waals surface area contributed by atoms with Gasteiger partial charge in [-0.25, -0.2) is 4.39 Å². The minimum atomic E-state index is -0.246. The molecule has 0 saturated heterocycles. The highest BCUT2D eigenvalue weighted by molar-refractivity contribution is 5.73. The fraction of sp³-hybridized carbons (Fsp3) is 0.200. The van der Waals surface area contributed by atoms with Crippen molar-refractivity contribution in [2.75, 3.05) is 0 Å². The van der Waals surface area contributed by atoms with Crippen LogP contribution in [0.2, 0.25) is 0 Å². The molecule has 0 atom stereocenters. The zero-order valence-corrected chi connectivity index (χ0v) is 7.38. The lowest BCUT2D eigenvalue weighted by Gasteiger charge is -2.02. The second-order valence-electron chi connectivity index (χ2n) is 2.70. The van der Waals surface area contributed by atoms with Crippen molar-refractivity contribution in [2.24, 2.45) is 0 Å². The van der Waals surface area contributed by atoms with Gasteiger partial charge in [0.2, 0.25) is 5.91 Å². The maximum atomic E-state index is 13.0. The van der Waals surface area contributed by atoms with E-state index in [4.69, 9.17) is 0 Å². The molecule has 1 rings (SSSR count). The van der Waals surface area contributed by atoms with Crippen LogP contribution in [-0.4, -0.2) is 5.91 Å². The Morgan fingerprint density at radius 2 is 2.23 bits per heavy atom. The topological polar surface area (TPSA) is 29.1 Å². The van der Waals surface area contributed by atoms with Crippen molar-refractivity contribution in [3.05, 3.63) is 42.2 Å². The van der Waals surface area contributed by atoms with Gasteiger partial charge in [0.15, 0.2) is 0 Å². The summed E-state index contributed by atoms with van der Waals surface area (Å²) < 4.78 is 13.0. The van der Waals surface area contributed by atoms with Gasteiger partial charge in [0.05, 0.1) is 6.54 Å². The van der Waals surface area contributed by atoms with E-state index in [1.165, 1.54) is 13.0 Å². The summed E-state index contributed by atoms with van der Waals surface area (Å²) in [5, 5.41) is 2.49. The quantitative estimate of drug-likeness (QED) is 0.753. The summed E-state index contributed by atoms with van der Waals surface area (Å²) in [7, 11) is 0. The van der Waals surface area contributed by atoms with Crippen LogP contribution in [0.15, 0.2) is 24.3 Å². The molecule has 0 heterocycles. The van der Waals surface area contributed by atoms with E-state index in [0.29, 0.717) is 12.0 Å². The van der Waals surface area contributed by atoms with Gasteiger partial charge in [0.25, 0.3) is 0 Å².